The van der Waals surface area contributed by atoms with Crippen LogP contribution in [0.3, 0.4) is 0 Å². The molecule has 0 atom stereocenters. The molecule has 102 valence electrons. The zero-order chi connectivity index (χ0) is 14.3. The quantitative estimate of drug-likeness (QED) is 0.503. The first-order valence-corrected chi connectivity index (χ1v) is 5.93. The number of rotatable bonds is 5. The molecule has 0 spiro atoms. The summed E-state index contributed by atoms with van der Waals surface area (Å²) in [4.78, 5) is 11.7. The van der Waals surface area contributed by atoms with Crippen LogP contribution >= 0.6 is 0 Å². The molecule has 0 radical (unpaired) electrons. The average Bonchev–Trinajstić information content (AvgIpc) is 2.44. The maximum absolute atomic E-state index is 11.7. The molecule has 0 aliphatic rings. The van der Waals surface area contributed by atoms with Gasteiger partial charge in [0.1, 0.15) is 0 Å². The molecule has 19 heavy (non-hydrogen) atoms. The monoisotopic (exact) mass is 262 g/mol. The van der Waals surface area contributed by atoms with Crippen LogP contribution in [-0.4, -0.2) is 24.8 Å². The molecule has 0 saturated carbocycles. The zero-order valence-electron chi connectivity index (χ0n) is 11.3. The molecule has 0 saturated heterocycles. The summed E-state index contributed by atoms with van der Waals surface area (Å²) in [6.07, 6.45) is 5.06. The van der Waals surface area contributed by atoms with Crippen molar-refractivity contribution in [3.63, 3.8) is 0 Å². The first-order chi connectivity index (χ1) is 9.12. The molecule has 1 aromatic rings. The molecule has 0 aliphatic carbocycles. The molecule has 0 heterocycles. The van der Waals surface area contributed by atoms with Gasteiger partial charge in [0.25, 0.3) is 0 Å². The van der Waals surface area contributed by atoms with Gasteiger partial charge in [-0.25, -0.2) is 4.79 Å². The summed E-state index contributed by atoms with van der Waals surface area (Å²) in [5, 5.41) is 8.72. The van der Waals surface area contributed by atoms with Gasteiger partial charge in [-0.3, -0.25) is 0 Å². The molecular formula is C15H18O4. The van der Waals surface area contributed by atoms with Crippen LogP contribution in [0.5, 0.6) is 11.5 Å². The van der Waals surface area contributed by atoms with E-state index in [1.165, 1.54) is 7.11 Å². The minimum absolute atomic E-state index is 0.0282. The van der Waals surface area contributed by atoms with Crippen LogP contribution in [0, 0.1) is 0 Å². The summed E-state index contributed by atoms with van der Waals surface area (Å²) in [6, 6.07) is 5.18. The molecule has 0 fully saturated rings. The second kappa shape index (κ2) is 7.38. The van der Waals surface area contributed by atoms with Crippen LogP contribution in [0.4, 0.5) is 0 Å². The highest BCUT2D eigenvalue weighted by Crippen LogP contribution is 2.29. The Bertz CT molecular complexity index is 501. The molecule has 1 aromatic carbocycles. The molecule has 4 nitrogen and oxygen atoms in total. The average molecular weight is 262 g/mol. The molecular weight excluding hydrogens is 244 g/mol. The van der Waals surface area contributed by atoms with Crippen molar-refractivity contribution < 1.29 is 19.4 Å². The maximum atomic E-state index is 11.7. The van der Waals surface area contributed by atoms with E-state index < -0.39 is 5.97 Å². The summed E-state index contributed by atoms with van der Waals surface area (Å²) in [5.74, 6) is 0.437. The van der Waals surface area contributed by atoms with E-state index in [2.05, 4.69) is 0 Å². The lowest BCUT2D eigenvalue weighted by Gasteiger charge is -2.10. The lowest BCUT2D eigenvalue weighted by Crippen LogP contribution is -2.09. The van der Waals surface area contributed by atoms with Crippen LogP contribution in [0.2, 0.25) is 0 Å². The number of aliphatic hydroxyl groups is 1. The summed E-state index contributed by atoms with van der Waals surface area (Å²) in [6.45, 7) is 3.43. The third-order valence-corrected chi connectivity index (χ3v) is 2.56. The van der Waals surface area contributed by atoms with E-state index in [1.807, 2.05) is 0 Å². The summed E-state index contributed by atoms with van der Waals surface area (Å²) in [5.41, 5.74) is 1.39. The van der Waals surface area contributed by atoms with E-state index >= 15 is 0 Å². The summed E-state index contributed by atoms with van der Waals surface area (Å²) in [7, 11) is 1.51. The van der Waals surface area contributed by atoms with Crippen molar-refractivity contribution in [3.8, 4) is 11.5 Å². The minimum Gasteiger partial charge on any atom is -0.493 e. The van der Waals surface area contributed by atoms with E-state index in [0.29, 0.717) is 17.1 Å². The van der Waals surface area contributed by atoms with E-state index in [-0.39, 0.29) is 6.61 Å². The van der Waals surface area contributed by atoms with Crippen molar-refractivity contribution in [1.82, 2.24) is 0 Å². The third kappa shape index (κ3) is 4.26. The molecule has 4 heteroatoms. The van der Waals surface area contributed by atoms with Crippen molar-refractivity contribution in [2.45, 2.75) is 13.8 Å². The maximum Gasteiger partial charge on any atom is 0.338 e. The van der Waals surface area contributed by atoms with E-state index in [4.69, 9.17) is 14.6 Å². The number of hydrogen-bond acceptors (Lipinski definition) is 4. The minimum atomic E-state index is -0.403. The third-order valence-electron chi connectivity index (χ3n) is 2.56. The normalized spacial score (nSPS) is 11.7. The van der Waals surface area contributed by atoms with Gasteiger partial charge in [0, 0.05) is 5.57 Å². The number of allylic oxidation sites excluding steroid dienone is 1. The van der Waals surface area contributed by atoms with Crippen molar-refractivity contribution in [2.75, 3.05) is 13.7 Å². The number of ether oxygens (including phenoxy) is 2. The molecule has 1 rings (SSSR count). The molecule has 0 amide bonds. The van der Waals surface area contributed by atoms with Crippen LogP contribution < -0.4 is 9.47 Å². The molecule has 0 aliphatic heterocycles. The van der Waals surface area contributed by atoms with Gasteiger partial charge in [-0.2, -0.15) is 0 Å². The number of carbonyl (C=O) groups is 1. The second-order valence-corrected chi connectivity index (χ2v) is 3.86. The highest BCUT2D eigenvalue weighted by molar-refractivity contribution is 5.89. The van der Waals surface area contributed by atoms with Gasteiger partial charge in [-0.1, -0.05) is 24.3 Å². The Morgan fingerprint density at radius 3 is 2.68 bits per heavy atom. The second-order valence-electron chi connectivity index (χ2n) is 3.86. The van der Waals surface area contributed by atoms with Gasteiger partial charge in [-0.15, -0.1) is 0 Å². The fourth-order valence-corrected chi connectivity index (χ4v) is 1.36. The number of hydrogen-bond donors (Lipinski definition) is 1. The Morgan fingerprint density at radius 1 is 1.37 bits per heavy atom. The predicted molar refractivity (Wildman–Crippen MR) is 74.2 cm³/mol. The Kier molecular flexibility index (Phi) is 5.82. The molecule has 0 bridgehead atoms. The summed E-state index contributed by atoms with van der Waals surface area (Å²) < 4.78 is 10.4. The zero-order valence-corrected chi connectivity index (χ0v) is 11.3. The molecule has 0 aromatic heterocycles. The predicted octanol–water partition coefficient (Wildman–Crippen LogP) is 2.57. The fourth-order valence-electron chi connectivity index (χ4n) is 1.36. The number of aliphatic hydroxyl groups excluding tert-OH is 1. The van der Waals surface area contributed by atoms with Gasteiger partial charge >= 0.3 is 5.97 Å². The van der Waals surface area contributed by atoms with Gasteiger partial charge < -0.3 is 14.6 Å². The molecule has 0 unspecified atom stereocenters. The Labute approximate surface area is 113 Å². The first-order valence-electron chi connectivity index (χ1n) is 5.93. The van der Waals surface area contributed by atoms with Crippen LogP contribution in [0.1, 0.15) is 19.4 Å². The highest BCUT2D eigenvalue weighted by atomic mass is 16.6. The van der Waals surface area contributed by atoms with Gasteiger partial charge in [0.2, 0.25) is 0 Å². The largest absolute Gasteiger partial charge is 0.493 e. The van der Waals surface area contributed by atoms with Crippen LogP contribution in [-0.2, 0) is 4.79 Å². The standard InChI is InChI=1S/C15H18O4/c1-4-11(2)15(17)19-13-8-7-12(6-5-9-16)10-14(13)18-3/h4-8,10,16H,9H2,1-3H3. The van der Waals surface area contributed by atoms with Gasteiger partial charge in [0.05, 0.1) is 13.7 Å². The van der Waals surface area contributed by atoms with Crippen LogP contribution in [0.15, 0.2) is 35.9 Å². The number of carbonyl (C=O) groups excluding carboxylic acids is 1. The SMILES string of the molecule is CC=C(C)C(=O)Oc1ccc(C=CCO)cc1OC. The van der Waals surface area contributed by atoms with Crippen molar-refractivity contribution >= 4 is 12.0 Å². The van der Waals surface area contributed by atoms with Crippen molar-refractivity contribution in [3.05, 3.63) is 41.5 Å². The number of methoxy groups -OCH3 is 1. The fraction of sp³-hybridized carbons (Fsp3) is 0.267. The topological polar surface area (TPSA) is 55.8 Å². The van der Waals surface area contributed by atoms with E-state index in [9.17, 15) is 4.79 Å². The Morgan fingerprint density at radius 2 is 2.11 bits per heavy atom. The van der Waals surface area contributed by atoms with Crippen molar-refractivity contribution in [2.24, 2.45) is 0 Å². The van der Waals surface area contributed by atoms with Crippen LogP contribution in [0.25, 0.3) is 6.08 Å². The smallest absolute Gasteiger partial charge is 0.338 e. The van der Waals surface area contributed by atoms with Gasteiger partial charge in [0.15, 0.2) is 11.5 Å². The summed E-state index contributed by atoms with van der Waals surface area (Å²) >= 11 is 0. The van der Waals surface area contributed by atoms with E-state index in [1.54, 1.807) is 50.3 Å². The number of benzene rings is 1. The van der Waals surface area contributed by atoms with Crippen molar-refractivity contribution in [1.29, 1.82) is 0 Å². The van der Waals surface area contributed by atoms with Gasteiger partial charge in [-0.05, 0) is 31.5 Å². The molecule has 1 N–H and O–H groups in total. The highest BCUT2D eigenvalue weighted by Gasteiger charge is 2.11. The lowest BCUT2D eigenvalue weighted by molar-refractivity contribution is -0.130. The lowest BCUT2D eigenvalue weighted by atomic mass is 10.2. The first kappa shape index (κ1) is 15.0. The number of esters is 1. The van der Waals surface area contributed by atoms with E-state index in [0.717, 1.165) is 5.56 Å². The Hall–Kier alpha value is -2.07. The Balaban J connectivity index is 2.96.